The second-order valence-electron chi connectivity index (χ2n) is 2.71. The van der Waals surface area contributed by atoms with Gasteiger partial charge in [0.05, 0.1) is 0 Å². The summed E-state index contributed by atoms with van der Waals surface area (Å²) in [5.41, 5.74) is 17.0. The molecule has 70 valence electrons. The summed E-state index contributed by atoms with van der Waals surface area (Å²) in [6.45, 7) is 0. The normalized spacial score (nSPS) is 10.2. The highest BCUT2D eigenvalue weighted by molar-refractivity contribution is 5.69. The fourth-order valence-electron chi connectivity index (χ4n) is 1.18. The Hall–Kier alpha value is -2.49. The third-order valence-electron chi connectivity index (χ3n) is 1.78. The molecule has 0 atom stereocenters. The van der Waals surface area contributed by atoms with Crippen LogP contribution in [0.4, 0.5) is 17.5 Å². The maximum atomic E-state index is 8.78. The highest BCUT2D eigenvalue weighted by Gasteiger charge is 2.13. The molecule has 6 N–H and O–H groups in total. The predicted molar refractivity (Wildman–Crippen MR) is 50.9 cm³/mol. The van der Waals surface area contributed by atoms with Gasteiger partial charge in [0.15, 0.2) is 11.5 Å². The van der Waals surface area contributed by atoms with E-state index in [2.05, 4.69) is 10.1 Å². The van der Waals surface area contributed by atoms with Crippen LogP contribution in [0.15, 0.2) is 6.07 Å². The van der Waals surface area contributed by atoms with Crippen LogP contribution in [-0.2, 0) is 0 Å². The fourth-order valence-corrected chi connectivity index (χ4v) is 1.18. The zero-order chi connectivity index (χ0) is 10.3. The molecule has 2 aromatic heterocycles. The maximum Gasteiger partial charge on any atom is 0.179 e. The summed E-state index contributed by atoms with van der Waals surface area (Å²) in [6.07, 6.45) is 0. The summed E-state index contributed by atoms with van der Waals surface area (Å²) < 4.78 is 1.28. The minimum absolute atomic E-state index is 0.0947. The topological polar surface area (TPSA) is 132 Å². The van der Waals surface area contributed by atoms with Crippen LogP contribution in [0, 0.1) is 11.3 Å². The van der Waals surface area contributed by atoms with E-state index in [9.17, 15) is 0 Å². The number of nitrogen functional groups attached to an aromatic ring is 3. The van der Waals surface area contributed by atoms with E-state index < -0.39 is 0 Å². The molecule has 0 spiro atoms. The van der Waals surface area contributed by atoms with Gasteiger partial charge in [0, 0.05) is 6.07 Å². The molecular weight excluding hydrogens is 182 g/mol. The first kappa shape index (κ1) is 8.12. The molecule has 0 amide bonds. The van der Waals surface area contributed by atoms with Crippen molar-refractivity contribution in [2.75, 3.05) is 17.2 Å². The number of nitrogens with zero attached hydrogens (tertiary/aromatic N) is 4. The zero-order valence-corrected chi connectivity index (χ0v) is 7.10. The number of nitriles is 1. The van der Waals surface area contributed by atoms with Gasteiger partial charge in [-0.1, -0.05) is 0 Å². The number of fused-ring (bicyclic) bond motifs is 1. The van der Waals surface area contributed by atoms with Gasteiger partial charge in [-0.15, -0.1) is 5.10 Å². The molecule has 0 aliphatic heterocycles. The lowest BCUT2D eigenvalue weighted by molar-refractivity contribution is 0.960. The smallest absolute Gasteiger partial charge is 0.179 e. The molecule has 0 fully saturated rings. The highest BCUT2D eigenvalue weighted by Crippen LogP contribution is 2.18. The molecule has 7 nitrogen and oxygen atoms in total. The Balaban J connectivity index is 2.97. The van der Waals surface area contributed by atoms with Crippen LogP contribution in [0.5, 0.6) is 0 Å². The van der Waals surface area contributed by atoms with Crippen molar-refractivity contribution < 1.29 is 0 Å². The van der Waals surface area contributed by atoms with Gasteiger partial charge < -0.3 is 17.2 Å². The van der Waals surface area contributed by atoms with E-state index >= 15 is 0 Å². The van der Waals surface area contributed by atoms with Gasteiger partial charge in [0.2, 0.25) is 0 Å². The number of nitrogens with two attached hydrogens (primary N) is 3. The van der Waals surface area contributed by atoms with Gasteiger partial charge in [-0.05, 0) is 0 Å². The monoisotopic (exact) mass is 189 g/mol. The number of aromatic nitrogens is 3. The first-order chi connectivity index (χ1) is 6.63. The Morgan fingerprint density at radius 3 is 2.71 bits per heavy atom. The number of hydrogen-bond acceptors (Lipinski definition) is 6. The third kappa shape index (κ3) is 0.910. The molecule has 0 saturated carbocycles. The standard InChI is InChI=1S/C7H7N7/c8-2-3-6(11)13-14-5(10)1-4(9)12-7(3)14/h1H,10H2,(H2,9,12)(H2,11,13). The van der Waals surface area contributed by atoms with E-state index in [1.165, 1.54) is 10.6 Å². The molecular formula is C7H7N7. The first-order valence-corrected chi connectivity index (χ1v) is 3.74. The molecule has 0 bridgehead atoms. The first-order valence-electron chi connectivity index (χ1n) is 3.74. The number of rotatable bonds is 0. The molecule has 0 saturated heterocycles. The molecule has 0 unspecified atom stereocenters. The van der Waals surface area contributed by atoms with Crippen LogP contribution >= 0.6 is 0 Å². The summed E-state index contributed by atoms with van der Waals surface area (Å²) in [5, 5.41) is 12.6. The molecule has 0 aliphatic rings. The highest BCUT2D eigenvalue weighted by atomic mass is 15.3. The summed E-state index contributed by atoms with van der Waals surface area (Å²) in [6, 6.07) is 3.34. The van der Waals surface area contributed by atoms with Crippen molar-refractivity contribution in [2.45, 2.75) is 0 Å². The number of hydrogen-bond donors (Lipinski definition) is 3. The average molecular weight is 189 g/mol. The van der Waals surface area contributed by atoms with Crippen LogP contribution in [0.25, 0.3) is 5.65 Å². The van der Waals surface area contributed by atoms with Crippen LogP contribution in [-0.4, -0.2) is 14.6 Å². The SMILES string of the molecule is N#Cc1c(N)nn2c(N)cc(N)nc12. The van der Waals surface area contributed by atoms with E-state index in [-0.39, 0.29) is 22.8 Å². The molecule has 0 aliphatic carbocycles. The summed E-state index contributed by atoms with van der Waals surface area (Å²) in [7, 11) is 0. The minimum atomic E-state index is 0.0947. The zero-order valence-electron chi connectivity index (χ0n) is 7.10. The Morgan fingerprint density at radius 1 is 1.36 bits per heavy atom. The fraction of sp³-hybridized carbons (Fsp3) is 0. The van der Waals surface area contributed by atoms with E-state index in [1.807, 2.05) is 6.07 Å². The van der Waals surface area contributed by atoms with Crippen LogP contribution in [0.2, 0.25) is 0 Å². The van der Waals surface area contributed by atoms with Crippen LogP contribution < -0.4 is 17.2 Å². The van der Waals surface area contributed by atoms with Gasteiger partial charge >= 0.3 is 0 Å². The molecule has 2 heterocycles. The average Bonchev–Trinajstić information content (AvgIpc) is 2.41. The van der Waals surface area contributed by atoms with E-state index in [0.29, 0.717) is 5.82 Å². The molecule has 2 rings (SSSR count). The predicted octanol–water partition coefficient (Wildman–Crippen LogP) is -0.652. The van der Waals surface area contributed by atoms with Crippen molar-refractivity contribution in [3.8, 4) is 6.07 Å². The summed E-state index contributed by atoms with van der Waals surface area (Å²) >= 11 is 0. The minimum Gasteiger partial charge on any atom is -0.384 e. The summed E-state index contributed by atoms with van der Waals surface area (Å²) in [5.74, 6) is 0.615. The lowest BCUT2D eigenvalue weighted by Gasteiger charge is -1.98. The van der Waals surface area contributed by atoms with Crippen LogP contribution in [0.1, 0.15) is 5.56 Å². The van der Waals surface area contributed by atoms with Crippen molar-refractivity contribution >= 4 is 23.1 Å². The second-order valence-corrected chi connectivity index (χ2v) is 2.71. The van der Waals surface area contributed by atoms with Gasteiger partial charge in [-0.25, -0.2) is 4.98 Å². The Morgan fingerprint density at radius 2 is 2.07 bits per heavy atom. The lowest BCUT2D eigenvalue weighted by Crippen LogP contribution is -2.02. The molecule has 2 aromatic rings. The van der Waals surface area contributed by atoms with E-state index in [4.69, 9.17) is 22.5 Å². The Labute approximate surface area is 78.7 Å². The van der Waals surface area contributed by atoms with Crippen molar-refractivity contribution in [1.82, 2.24) is 14.6 Å². The second kappa shape index (κ2) is 2.50. The largest absolute Gasteiger partial charge is 0.384 e. The molecule has 7 heteroatoms. The number of anilines is 3. The van der Waals surface area contributed by atoms with Crippen molar-refractivity contribution in [2.24, 2.45) is 0 Å². The van der Waals surface area contributed by atoms with Crippen molar-refractivity contribution in [1.29, 1.82) is 5.26 Å². The van der Waals surface area contributed by atoms with Gasteiger partial charge in [-0.2, -0.15) is 9.78 Å². The lowest BCUT2D eigenvalue weighted by atomic mass is 10.3. The quantitative estimate of drug-likeness (QED) is 0.504. The molecule has 0 radical (unpaired) electrons. The third-order valence-corrected chi connectivity index (χ3v) is 1.78. The Kier molecular flexibility index (Phi) is 1.45. The van der Waals surface area contributed by atoms with E-state index in [0.717, 1.165) is 0 Å². The Bertz CT molecular complexity index is 547. The van der Waals surface area contributed by atoms with Crippen LogP contribution in [0.3, 0.4) is 0 Å². The van der Waals surface area contributed by atoms with Crippen molar-refractivity contribution in [3.63, 3.8) is 0 Å². The maximum absolute atomic E-state index is 8.78. The summed E-state index contributed by atoms with van der Waals surface area (Å²) in [4.78, 5) is 3.92. The molecule has 14 heavy (non-hydrogen) atoms. The van der Waals surface area contributed by atoms with Gasteiger partial charge in [-0.3, -0.25) is 0 Å². The molecule has 0 aromatic carbocycles. The van der Waals surface area contributed by atoms with Crippen molar-refractivity contribution in [3.05, 3.63) is 11.6 Å². The van der Waals surface area contributed by atoms with Gasteiger partial charge in [0.25, 0.3) is 0 Å². The van der Waals surface area contributed by atoms with E-state index in [1.54, 1.807) is 0 Å². The van der Waals surface area contributed by atoms with Gasteiger partial charge in [0.1, 0.15) is 23.3 Å².